The maximum atomic E-state index is 12.7. The molecular weight excluding hydrogens is 165 g/mol. The number of benzene rings is 1. The van der Waals surface area contributed by atoms with E-state index in [4.69, 9.17) is 0 Å². The third kappa shape index (κ3) is 1.35. The molecule has 1 aromatic carbocycles. The molecule has 1 N–H and O–H groups in total. The molecule has 1 aromatic rings. The lowest BCUT2D eigenvalue weighted by Gasteiger charge is -2.42. The zero-order chi connectivity index (χ0) is 9.31. The highest BCUT2D eigenvalue weighted by molar-refractivity contribution is 5.27. The molecule has 1 aliphatic carbocycles. The highest BCUT2D eigenvalue weighted by atomic mass is 19.1. The van der Waals surface area contributed by atoms with Gasteiger partial charge in [-0.2, -0.15) is 0 Å². The van der Waals surface area contributed by atoms with Gasteiger partial charge < -0.3 is 5.32 Å². The quantitative estimate of drug-likeness (QED) is 0.735. The molecule has 2 heteroatoms. The first-order valence-electron chi connectivity index (χ1n) is 4.72. The molecule has 0 saturated heterocycles. The third-order valence-corrected chi connectivity index (χ3v) is 3.08. The fraction of sp³-hybridized carbons (Fsp3) is 0.455. The fourth-order valence-electron chi connectivity index (χ4n) is 1.98. The smallest absolute Gasteiger partial charge is 0.123 e. The van der Waals surface area contributed by atoms with Crippen LogP contribution in [-0.2, 0) is 5.54 Å². The van der Waals surface area contributed by atoms with E-state index in [0.717, 1.165) is 12.8 Å². The van der Waals surface area contributed by atoms with Crippen molar-refractivity contribution in [2.75, 3.05) is 7.05 Å². The molecule has 0 spiro atoms. The minimum Gasteiger partial charge on any atom is -0.310 e. The van der Waals surface area contributed by atoms with Crippen LogP contribution in [0.3, 0.4) is 0 Å². The van der Waals surface area contributed by atoms with Crippen molar-refractivity contribution in [3.05, 3.63) is 35.6 Å². The average molecular weight is 179 g/mol. The van der Waals surface area contributed by atoms with Gasteiger partial charge >= 0.3 is 0 Å². The monoisotopic (exact) mass is 179 g/mol. The van der Waals surface area contributed by atoms with Crippen LogP contribution in [0.4, 0.5) is 4.39 Å². The van der Waals surface area contributed by atoms with E-state index in [0.29, 0.717) is 0 Å². The van der Waals surface area contributed by atoms with E-state index in [-0.39, 0.29) is 11.4 Å². The third-order valence-electron chi connectivity index (χ3n) is 3.08. The lowest BCUT2D eigenvalue weighted by atomic mass is 9.72. The first kappa shape index (κ1) is 8.70. The second-order valence-electron chi connectivity index (χ2n) is 3.69. The van der Waals surface area contributed by atoms with Gasteiger partial charge in [0.15, 0.2) is 0 Å². The summed E-state index contributed by atoms with van der Waals surface area (Å²) in [7, 11) is 1.97. The Labute approximate surface area is 78.0 Å². The van der Waals surface area contributed by atoms with Gasteiger partial charge in [-0.3, -0.25) is 0 Å². The van der Waals surface area contributed by atoms with Crippen LogP contribution in [0.25, 0.3) is 0 Å². The molecule has 0 unspecified atom stereocenters. The molecule has 13 heavy (non-hydrogen) atoms. The summed E-state index contributed by atoms with van der Waals surface area (Å²) in [4.78, 5) is 0. The van der Waals surface area contributed by atoms with Gasteiger partial charge in [0, 0.05) is 5.54 Å². The molecule has 0 aliphatic heterocycles. The standard InChI is InChI=1S/C11H14FN/c1-13-11(7-2-8-11)9-3-5-10(12)6-4-9/h3-6,13H,2,7-8H2,1H3. The number of halogens is 1. The molecule has 2 rings (SSSR count). The van der Waals surface area contributed by atoms with Gasteiger partial charge in [0.25, 0.3) is 0 Å². The highest BCUT2D eigenvalue weighted by Crippen LogP contribution is 2.40. The van der Waals surface area contributed by atoms with E-state index in [2.05, 4.69) is 5.32 Å². The molecule has 0 bridgehead atoms. The lowest BCUT2D eigenvalue weighted by Crippen LogP contribution is -2.45. The second kappa shape index (κ2) is 3.11. The summed E-state index contributed by atoms with van der Waals surface area (Å²) >= 11 is 0. The molecule has 0 heterocycles. The lowest BCUT2D eigenvalue weighted by molar-refractivity contribution is 0.201. The van der Waals surface area contributed by atoms with Crippen LogP contribution in [0.5, 0.6) is 0 Å². The van der Waals surface area contributed by atoms with Crippen molar-refractivity contribution < 1.29 is 4.39 Å². The Morgan fingerprint density at radius 2 is 1.85 bits per heavy atom. The molecule has 0 atom stereocenters. The van der Waals surface area contributed by atoms with Crippen LogP contribution in [0.2, 0.25) is 0 Å². The van der Waals surface area contributed by atoms with E-state index < -0.39 is 0 Å². The fourth-order valence-corrected chi connectivity index (χ4v) is 1.98. The predicted octanol–water partition coefficient (Wildman–Crippen LogP) is 2.42. The summed E-state index contributed by atoms with van der Waals surface area (Å²) in [5.41, 5.74) is 1.34. The number of nitrogens with one attached hydrogen (secondary N) is 1. The van der Waals surface area contributed by atoms with E-state index in [9.17, 15) is 4.39 Å². The molecule has 0 aromatic heterocycles. The van der Waals surface area contributed by atoms with Gasteiger partial charge in [-0.05, 0) is 44.0 Å². The summed E-state index contributed by atoms with van der Waals surface area (Å²) in [6.07, 6.45) is 3.59. The summed E-state index contributed by atoms with van der Waals surface area (Å²) in [6.45, 7) is 0. The van der Waals surface area contributed by atoms with E-state index in [1.54, 1.807) is 0 Å². The summed E-state index contributed by atoms with van der Waals surface area (Å²) in [5, 5.41) is 3.33. The molecule has 1 fully saturated rings. The normalized spacial score (nSPS) is 19.5. The number of hydrogen-bond acceptors (Lipinski definition) is 1. The van der Waals surface area contributed by atoms with Crippen LogP contribution in [0.1, 0.15) is 24.8 Å². The minimum atomic E-state index is -0.158. The Kier molecular flexibility index (Phi) is 2.08. The molecule has 70 valence electrons. The zero-order valence-corrected chi connectivity index (χ0v) is 7.81. The average Bonchev–Trinajstić information content (AvgIpc) is 2.07. The predicted molar refractivity (Wildman–Crippen MR) is 51.0 cm³/mol. The van der Waals surface area contributed by atoms with Crippen LogP contribution < -0.4 is 5.32 Å². The topological polar surface area (TPSA) is 12.0 Å². The van der Waals surface area contributed by atoms with Crippen LogP contribution in [-0.4, -0.2) is 7.05 Å². The van der Waals surface area contributed by atoms with Gasteiger partial charge in [0.1, 0.15) is 5.82 Å². The summed E-state index contributed by atoms with van der Waals surface area (Å²) < 4.78 is 12.7. The number of rotatable bonds is 2. The first-order chi connectivity index (χ1) is 6.27. The summed E-state index contributed by atoms with van der Waals surface area (Å²) in [5.74, 6) is -0.158. The molecule has 0 amide bonds. The maximum Gasteiger partial charge on any atom is 0.123 e. The van der Waals surface area contributed by atoms with Crippen molar-refractivity contribution in [3.8, 4) is 0 Å². The zero-order valence-electron chi connectivity index (χ0n) is 7.81. The van der Waals surface area contributed by atoms with Crippen LogP contribution >= 0.6 is 0 Å². The highest BCUT2D eigenvalue weighted by Gasteiger charge is 2.36. The summed E-state index contributed by atoms with van der Waals surface area (Å²) in [6, 6.07) is 6.83. The Hall–Kier alpha value is -0.890. The van der Waals surface area contributed by atoms with Gasteiger partial charge in [-0.15, -0.1) is 0 Å². The van der Waals surface area contributed by atoms with Gasteiger partial charge in [0.05, 0.1) is 0 Å². The van der Waals surface area contributed by atoms with Crippen molar-refractivity contribution in [2.45, 2.75) is 24.8 Å². The van der Waals surface area contributed by atoms with E-state index >= 15 is 0 Å². The van der Waals surface area contributed by atoms with Crippen LogP contribution in [0.15, 0.2) is 24.3 Å². The molecule has 1 aliphatic rings. The van der Waals surface area contributed by atoms with Gasteiger partial charge in [-0.1, -0.05) is 12.1 Å². The molecule has 0 radical (unpaired) electrons. The van der Waals surface area contributed by atoms with Crippen LogP contribution in [0, 0.1) is 5.82 Å². The Morgan fingerprint density at radius 1 is 1.23 bits per heavy atom. The maximum absolute atomic E-state index is 12.7. The van der Waals surface area contributed by atoms with Gasteiger partial charge in [0.2, 0.25) is 0 Å². The van der Waals surface area contributed by atoms with Gasteiger partial charge in [-0.25, -0.2) is 4.39 Å². The number of hydrogen-bond donors (Lipinski definition) is 1. The second-order valence-corrected chi connectivity index (χ2v) is 3.69. The largest absolute Gasteiger partial charge is 0.310 e. The Morgan fingerprint density at radius 3 is 2.23 bits per heavy atom. The SMILES string of the molecule is CNC1(c2ccc(F)cc2)CCC1. The Bertz CT molecular complexity index is 282. The molecule has 1 nitrogen and oxygen atoms in total. The van der Waals surface area contributed by atoms with Crippen molar-refractivity contribution >= 4 is 0 Å². The van der Waals surface area contributed by atoms with E-state index in [1.807, 2.05) is 19.2 Å². The Balaban J connectivity index is 2.28. The first-order valence-corrected chi connectivity index (χ1v) is 4.72. The van der Waals surface area contributed by atoms with Crippen molar-refractivity contribution in [1.29, 1.82) is 0 Å². The van der Waals surface area contributed by atoms with Crippen molar-refractivity contribution in [1.82, 2.24) is 5.32 Å². The molecular formula is C11H14FN. The van der Waals surface area contributed by atoms with Crippen molar-refractivity contribution in [3.63, 3.8) is 0 Å². The van der Waals surface area contributed by atoms with Crippen molar-refractivity contribution in [2.24, 2.45) is 0 Å². The van der Waals surface area contributed by atoms with E-state index in [1.165, 1.54) is 24.1 Å². The minimum absolute atomic E-state index is 0.133. The molecule has 1 saturated carbocycles.